The standard InChI is InChI=1S/C14H20N2O/c1-11(16-8-7-12(9-15)10-16)14(17)13-5-3-2-4-6-13/h2-6,11-12H,7-10,15H2,1H3. The number of carbonyl (C=O) groups excluding carboxylic acids is 1. The number of benzene rings is 1. The third kappa shape index (κ3) is 2.73. The second kappa shape index (κ2) is 5.43. The van der Waals surface area contributed by atoms with Gasteiger partial charge in [-0.15, -0.1) is 0 Å². The molecule has 0 amide bonds. The van der Waals surface area contributed by atoms with Crippen molar-refractivity contribution in [3.05, 3.63) is 35.9 Å². The maximum absolute atomic E-state index is 12.3. The van der Waals surface area contributed by atoms with Gasteiger partial charge < -0.3 is 5.73 Å². The van der Waals surface area contributed by atoms with E-state index in [9.17, 15) is 4.79 Å². The van der Waals surface area contributed by atoms with Crippen LogP contribution in [0.15, 0.2) is 30.3 Å². The predicted octanol–water partition coefficient (Wildman–Crippen LogP) is 1.54. The van der Waals surface area contributed by atoms with Gasteiger partial charge in [-0.2, -0.15) is 0 Å². The summed E-state index contributed by atoms with van der Waals surface area (Å²) in [6.07, 6.45) is 1.11. The fourth-order valence-electron chi connectivity index (χ4n) is 2.42. The van der Waals surface area contributed by atoms with E-state index >= 15 is 0 Å². The van der Waals surface area contributed by atoms with Crippen LogP contribution >= 0.6 is 0 Å². The van der Waals surface area contributed by atoms with Crippen LogP contribution in [0.5, 0.6) is 0 Å². The van der Waals surface area contributed by atoms with Crippen LogP contribution in [0.2, 0.25) is 0 Å². The topological polar surface area (TPSA) is 46.3 Å². The molecule has 92 valence electrons. The number of hydrogen-bond donors (Lipinski definition) is 1. The van der Waals surface area contributed by atoms with Crippen LogP contribution in [0.3, 0.4) is 0 Å². The number of Topliss-reactive ketones (excluding diaryl/α,β-unsaturated/α-hetero) is 1. The molecule has 2 unspecified atom stereocenters. The Morgan fingerprint density at radius 3 is 2.76 bits per heavy atom. The van der Waals surface area contributed by atoms with Crippen LogP contribution in [0.4, 0.5) is 0 Å². The largest absolute Gasteiger partial charge is 0.330 e. The zero-order valence-corrected chi connectivity index (χ0v) is 10.3. The highest BCUT2D eigenvalue weighted by Gasteiger charge is 2.29. The number of nitrogens with zero attached hydrogens (tertiary/aromatic N) is 1. The summed E-state index contributed by atoms with van der Waals surface area (Å²) in [5.41, 5.74) is 6.47. The maximum Gasteiger partial charge on any atom is 0.179 e. The Balaban J connectivity index is 2.01. The van der Waals surface area contributed by atoms with Gasteiger partial charge in [0, 0.05) is 12.1 Å². The summed E-state index contributed by atoms with van der Waals surface area (Å²) in [6.45, 7) is 4.66. The van der Waals surface area contributed by atoms with E-state index in [1.165, 1.54) is 0 Å². The van der Waals surface area contributed by atoms with Gasteiger partial charge in [-0.25, -0.2) is 0 Å². The molecule has 0 aromatic heterocycles. The summed E-state index contributed by atoms with van der Waals surface area (Å²) in [5, 5.41) is 0. The van der Waals surface area contributed by atoms with Crippen molar-refractivity contribution in [3.8, 4) is 0 Å². The number of hydrogen-bond acceptors (Lipinski definition) is 3. The first-order chi connectivity index (χ1) is 8.22. The lowest BCUT2D eigenvalue weighted by atomic mass is 10.0. The normalized spacial score (nSPS) is 22.6. The molecule has 0 radical (unpaired) electrons. The lowest BCUT2D eigenvalue weighted by molar-refractivity contribution is 0.0863. The van der Waals surface area contributed by atoms with E-state index in [2.05, 4.69) is 4.90 Å². The first-order valence-corrected chi connectivity index (χ1v) is 6.25. The first kappa shape index (κ1) is 12.3. The van der Waals surface area contributed by atoms with Crippen molar-refractivity contribution in [2.45, 2.75) is 19.4 Å². The van der Waals surface area contributed by atoms with Gasteiger partial charge in [0.2, 0.25) is 0 Å². The van der Waals surface area contributed by atoms with Gasteiger partial charge in [0.1, 0.15) is 0 Å². The minimum atomic E-state index is -0.0334. The van der Waals surface area contributed by atoms with Crippen molar-refractivity contribution in [1.29, 1.82) is 0 Å². The lowest BCUT2D eigenvalue weighted by Gasteiger charge is -2.23. The van der Waals surface area contributed by atoms with E-state index < -0.39 is 0 Å². The van der Waals surface area contributed by atoms with Crippen LogP contribution in [0, 0.1) is 5.92 Å². The minimum Gasteiger partial charge on any atom is -0.330 e. The monoisotopic (exact) mass is 232 g/mol. The third-order valence-corrected chi connectivity index (χ3v) is 3.64. The van der Waals surface area contributed by atoms with E-state index in [4.69, 9.17) is 5.73 Å². The molecule has 0 bridgehead atoms. The van der Waals surface area contributed by atoms with Crippen molar-refractivity contribution in [2.75, 3.05) is 19.6 Å². The van der Waals surface area contributed by atoms with Gasteiger partial charge in [0.25, 0.3) is 0 Å². The number of carbonyl (C=O) groups is 1. The molecule has 2 atom stereocenters. The van der Waals surface area contributed by atoms with E-state index in [0.717, 1.165) is 31.6 Å². The van der Waals surface area contributed by atoms with Gasteiger partial charge in [-0.3, -0.25) is 9.69 Å². The fourth-order valence-corrected chi connectivity index (χ4v) is 2.42. The average molecular weight is 232 g/mol. The van der Waals surface area contributed by atoms with Crippen LogP contribution < -0.4 is 5.73 Å². The Labute approximate surface area is 103 Å². The number of nitrogens with two attached hydrogens (primary N) is 1. The molecule has 1 aliphatic heterocycles. The van der Waals surface area contributed by atoms with Crippen molar-refractivity contribution < 1.29 is 4.79 Å². The summed E-state index contributed by atoms with van der Waals surface area (Å²) >= 11 is 0. The highest BCUT2D eigenvalue weighted by Crippen LogP contribution is 2.19. The zero-order chi connectivity index (χ0) is 12.3. The molecule has 1 aromatic rings. The van der Waals surface area contributed by atoms with Crippen molar-refractivity contribution in [2.24, 2.45) is 11.7 Å². The van der Waals surface area contributed by atoms with E-state index in [0.29, 0.717) is 5.92 Å². The zero-order valence-electron chi connectivity index (χ0n) is 10.3. The SMILES string of the molecule is CC(C(=O)c1ccccc1)N1CCC(CN)C1. The third-order valence-electron chi connectivity index (χ3n) is 3.64. The highest BCUT2D eigenvalue weighted by molar-refractivity contribution is 5.99. The van der Waals surface area contributed by atoms with Crippen molar-refractivity contribution in [1.82, 2.24) is 4.90 Å². The minimum absolute atomic E-state index is 0.0334. The molecule has 1 fully saturated rings. The van der Waals surface area contributed by atoms with Gasteiger partial charge in [0.05, 0.1) is 6.04 Å². The second-order valence-corrected chi connectivity index (χ2v) is 4.79. The molecule has 0 spiro atoms. The second-order valence-electron chi connectivity index (χ2n) is 4.79. The van der Waals surface area contributed by atoms with Crippen LogP contribution in [-0.2, 0) is 0 Å². The molecule has 1 aliphatic rings. The maximum atomic E-state index is 12.3. The molecule has 3 nitrogen and oxygen atoms in total. The molecule has 1 saturated heterocycles. The highest BCUT2D eigenvalue weighted by atomic mass is 16.1. The van der Waals surface area contributed by atoms with Crippen molar-refractivity contribution in [3.63, 3.8) is 0 Å². The van der Waals surface area contributed by atoms with Crippen LogP contribution in [0.25, 0.3) is 0 Å². The van der Waals surface area contributed by atoms with Crippen molar-refractivity contribution >= 4 is 5.78 Å². The number of likely N-dealkylation sites (tertiary alicyclic amines) is 1. The smallest absolute Gasteiger partial charge is 0.179 e. The lowest BCUT2D eigenvalue weighted by Crippen LogP contribution is -2.37. The summed E-state index contributed by atoms with van der Waals surface area (Å²) in [4.78, 5) is 14.5. The first-order valence-electron chi connectivity index (χ1n) is 6.25. The summed E-state index contributed by atoms with van der Waals surface area (Å²) < 4.78 is 0. The number of ketones is 1. The summed E-state index contributed by atoms with van der Waals surface area (Å²) in [5.74, 6) is 0.768. The molecule has 0 aliphatic carbocycles. The molecule has 2 N–H and O–H groups in total. The van der Waals surface area contributed by atoms with Gasteiger partial charge in [0.15, 0.2) is 5.78 Å². The molecule has 1 heterocycles. The fraction of sp³-hybridized carbons (Fsp3) is 0.500. The van der Waals surface area contributed by atoms with E-state index in [1.807, 2.05) is 37.3 Å². The van der Waals surface area contributed by atoms with E-state index in [-0.39, 0.29) is 11.8 Å². The molecule has 17 heavy (non-hydrogen) atoms. The predicted molar refractivity (Wildman–Crippen MR) is 69.0 cm³/mol. The molecule has 1 aromatic carbocycles. The van der Waals surface area contributed by atoms with Gasteiger partial charge in [-0.05, 0) is 32.4 Å². The Bertz CT molecular complexity index is 377. The van der Waals surface area contributed by atoms with Gasteiger partial charge >= 0.3 is 0 Å². The Kier molecular flexibility index (Phi) is 3.92. The molecular weight excluding hydrogens is 212 g/mol. The average Bonchev–Trinajstić information content (AvgIpc) is 2.87. The molecule has 0 saturated carbocycles. The quantitative estimate of drug-likeness (QED) is 0.801. The molecular formula is C14H20N2O. The molecule has 3 heteroatoms. The van der Waals surface area contributed by atoms with Crippen LogP contribution in [0.1, 0.15) is 23.7 Å². The Morgan fingerprint density at radius 1 is 1.47 bits per heavy atom. The Morgan fingerprint density at radius 2 is 2.18 bits per heavy atom. The van der Waals surface area contributed by atoms with Crippen LogP contribution in [-0.4, -0.2) is 36.4 Å². The van der Waals surface area contributed by atoms with Gasteiger partial charge in [-0.1, -0.05) is 30.3 Å². The summed E-state index contributed by atoms with van der Waals surface area (Å²) in [7, 11) is 0. The van der Waals surface area contributed by atoms with E-state index in [1.54, 1.807) is 0 Å². The summed E-state index contributed by atoms with van der Waals surface area (Å²) in [6, 6.07) is 9.49. The number of rotatable bonds is 4. The molecule has 2 rings (SSSR count). The Hall–Kier alpha value is -1.19.